The van der Waals surface area contributed by atoms with Gasteiger partial charge in [-0.15, -0.1) is 4.98 Å². The minimum absolute atomic E-state index is 0.0362. The number of unbranched alkanes of at least 4 members (excludes halogenated alkanes) is 15. The van der Waals surface area contributed by atoms with Crippen molar-refractivity contribution in [1.82, 2.24) is 14.6 Å². The maximum Gasteiger partial charge on any atom is 0.472 e. The molecule has 4 heterocycles. The summed E-state index contributed by atoms with van der Waals surface area (Å²) in [4.78, 5) is 17.8. The number of fused-ring (bicyclic) bond motifs is 1. The lowest BCUT2D eigenvalue weighted by Gasteiger charge is -2.24. The predicted molar refractivity (Wildman–Crippen MR) is 211 cm³/mol. The van der Waals surface area contributed by atoms with E-state index >= 15 is 0 Å². The molecule has 1 fully saturated rings. The van der Waals surface area contributed by atoms with E-state index < -0.39 is 51.1 Å². The maximum absolute atomic E-state index is 13.0. The van der Waals surface area contributed by atoms with Crippen molar-refractivity contribution in [3.05, 3.63) is 59.8 Å². The zero-order valence-electron chi connectivity index (χ0n) is 32.5. The Bertz CT molecular complexity index is 1730. The summed E-state index contributed by atoms with van der Waals surface area (Å²) < 4.78 is 42.4. The van der Waals surface area contributed by atoms with Gasteiger partial charge in [0.15, 0.2) is 11.9 Å². The van der Waals surface area contributed by atoms with Crippen LogP contribution in [0.15, 0.2) is 42.7 Å². The number of phosphoric ester groups is 1. The lowest BCUT2D eigenvalue weighted by Crippen LogP contribution is -2.41. The average molecular weight is 799 g/mol. The minimum Gasteiger partial charge on any atom is -0.482 e. The first-order valence-electron chi connectivity index (χ1n) is 20.0. The lowest BCUT2D eigenvalue weighted by molar-refractivity contribution is -0.0651. The quantitative estimate of drug-likeness (QED) is 0.0318. The number of ether oxygens (including phenoxy) is 3. The molecule has 16 heteroatoms. The highest BCUT2D eigenvalue weighted by Gasteiger charge is 2.58. The van der Waals surface area contributed by atoms with Crippen molar-refractivity contribution in [2.24, 2.45) is 0 Å². The third-order valence-electron chi connectivity index (χ3n) is 10.0. The molecule has 15 nitrogen and oxygen atoms in total. The van der Waals surface area contributed by atoms with Crippen molar-refractivity contribution in [3.8, 4) is 11.8 Å². The number of rotatable bonds is 28. The molecule has 1 aliphatic rings. The highest BCUT2D eigenvalue weighted by atomic mass is 31.2. The largest absolute Gasteiger partial charge is 0.482 e. The first-order valence-corrected chi connectivity index (χ1v) is 21.5. The monoisotopic (exact) mass is 798 g/mol. The molecular weight excluding hydrogens is 739 g/mol. The Labute approximate surface area is 330 Å². The molecule has 0 spiro atoms. The van der Waals surface area contributed by atoms with Gasteiger partial charge in [-0.2, -0.15) is 10.4 Å². The smallest absolute Gasteiger partial charge is 0.472 e. The van der Waals surface area contributed by atoms with Gasteiger partial charge in [0.05, 0.1) is 36.7 Å². The second-order valence-corrected chi connectivity index (χ2v) is 15.8. The molecule has 1 aliphatic heterocycles. The van der Waals surface area contributed by atoms with Crippen LogP contribution < -0.4 is 10.5 Å². The highest BCUT2D eigenvalue weighted by molar-refractivity contribution is 7.47. The fourth-order valence-electron chi connectivity index (χ4n) is 6.80. The van der Waals surface area contributed by atoms with Crippen LogP contribution in [0.2, 0.25) is 0 Å². The van der Waals surface area contributed by atoms with Crippen molar-refractivity contribution in [2.45, 2.75) is 140 Å². The van der Waals surface area contributed by atoms with E-state index in [9.17, 15) is 24.9 Å². The van der Waals surface area contributed by atoms with E-state index in [1.807, 2.05) is 6.07 Å². The maximum atomic E-state index is 13.0. The SMILES string of the molecule is [C-]#[N+]c1ccc(O[C@H](COCCCCCCCCCCCCCCCCCC)COP(=O)(O)OC[C@H]2O[C@@](C#N)(c3ccc4c(N)ccnn34)[C@H](O)[C@@H]2O)cn1. The zero-order valence-corrected chi connectivity index (χ0v) is 33.4. The van der Waals surface area contributed by atoms with E-state index in [0.29, 0.717) is 23.6 Å². The molecule has 6 atom stereocenters. The Morgan fingerprint density at radius 3 is 2.20 bits per heavy atom. The van der Waals surface area contributed by atoms with Crippen LogP contribution >= 0.6 is 7.82 Å². The number of anilines is 1. The first-order chi connectivity index (χ1) is 27.1. The predicted octanol–water partition coefficient (Wildman–Crippen LogP) is 7.56. The van der Waals surface area contributed by atoms with Gasteiger partial charge in [-0.1, -0.05) is 110 Å². The number of hydrogen-bond acceptors (Lipinski definition) is 12. The topological polar surface area (TPSA) is 208 Å². The summed E-state index contributed by atoms with van der Waals surface area (Å²) in [6, 6.07) is 9.63. The normalized spacial score (nSPS) is 21.1. The number of nitrogens with two attached hydrogens (primary N) is 1. The summed E-state index contributed by atoms with van der Waals surface area (Å²) in [6.45, 7) is 8.77. The van der Waals surface area contributed by atoms with Crippen LogP contribution in [0.4, 0.5) is 11.5 Å². The summed E-state index contributed by atoms with van der Waals surface area (Å²) in [5.41, 5.74) is 4.87. The highest BCUT2D eigenvalue weighted by Crippen LogP contribution is 2.46. The number of pyridine rings is 1. The van der Waals surface area contributed by atoms with Gasteiger partial charge in [0.1, 0.15) is 30.5 Å². The molecule has 3 aromatic heterocycles. The van der Waals surface area contributed by atoms with Gasteiger partial charge in [-0.25, -0.2) is 9.08 Å². The Morgan fingerprint density at radius 2 is 1.61 bits per heavy atom. The molecule has 0 aromatic carbocycles. The molecule has 1 saturated heterocycles. The van der Waals surface area contributed by atoms with Crippen molar-refractivity contribution in [2.75, 3.05) is 32.2 Å². The fourth-order valence-corrected chi connectivity index (χ4v) is 7.57. The van der Waals surface area contributed by atoms with Crippen LogP contribution in [0.1, 0.15) is 115 Å². The summed E-state index contributed by atoms with van der Waals surface area (Å²) in [6.07, 6.45) is 17.4. The minimum atomic E-state index is -4.78. The second-order valence-electron chi connectivity index (χ2n) is 14.4. The van der Waals surface area contributed by atoms with Gasteiger partial charge in [-0.3, -0.25) is 9.05 Å². The van der Waals surface area contributed by atoms with Crippen LogP contribution in [0.3, 0.4) is 0 Å². The summed E-state index contributed by atoms with van der Waals surface area (Å²) in [5, 5.41) is 36.1. The average Bonchev–Trinajstić information content (AvgIpc) is 3.75. The van der Waals surface area contributed by atoms with E-state index in [4.69, 9.17) is 35.6 Å². The molecule has 1 unspecified atom stereocenters. The lowest BCUT2D eigenvalue weighted by atomic mass is 9.92. The third-order valence-corrected chi connectivity index (χ3v) is 11.0. The van der Waals surface area contributed by atoms with Crippen molar-refractivity contribution < 1.29 is 42.9 Å². The molecule has 0 amide bonds. The molecule has 4 rings (SSSR count). The van der Waals surface area contributed by atoms with Gasteiger partial charge in [0.2, 0.25) is 5.60 Å². The first kappa shape index (κ1) is 45.1. The van der Waals surface area contributed by atoms with E-state index in [1.165, 1.54) is 113 Å². The van der Waals surface area contributed by atoms with Crippen molar-refractivity contribution in [3.63, 3.8) is 0 Å². The van der Waals surface area contributed by atoms with Crippen LogP contribution in [0.25, 0.3) is 10.4 Å². The van der Waals surface area contributed by atoms with Gasteiger partial charge >= 0.3 is 7.82 Å². The van der Waals surface area contributed by atoms with Gasteiger partial charge in [0.25, 0.3) is 5.82 Å². The fraction of sp³-hybridized carbons (Fsp3) is 0.650. The Morgan fingerprint density at radius 1 is 0.964 bits per heavy atom. The van der Waals surface area contributed by atoms with E-state index in [-0.39, 0.29) is 18.1 Å². The summed E-state index contributed by atoms with van der Waals surface area (Å²) in [5.74, 6) is 0.495. The molecular formula is C40H59N6O9P. The van der Waals surface area contributed by atoms with E-state index in [1.54, 1.807) is 18.2 Å². The van der Waals surface area contributed by atoms with Crippen molar-refractivity contribution in [1.29, 1.82) is 5.26 Å². The molecule has 308 valence electrons. The van der Waals surface area contributed by atoms with Gasteiger partial charge < -0.3 is 39.9 Å². The summed E-state index contributed by atoms with van der Waals surface area (Å²) in [7, 11) is -4.78. The van der Waals surface area contributed by atoms with E-state index in [0.717, 1.165) is 19.3 Å². The number of aliphatic hydroxyl groups excluding tert-OH is 2. The van der Waals surface area contributed by atoms with Gasteiger partial charge in [0, 0.05) is 12.8 Å². The number of nitrogens with zero attached hydrogens (tertiary/aromatic N) is 5. The van der Waals surface area contributed by atoms with Gasteiger partial charge in [-0.05, 0) is 36.8 Å². The van der Waals surface area contributed by atoms with Crippen molar-refractivity contribution >= 4 is 24.8 Å². The molecule has 0 saturated carbocycles. The number of aromatic nitrogens is 3. The van der Waals surface area contributed by atoms with Crippen LogP contribution in [0, 0.1) is 17.9 Å². The number of phosphoric acid groups is 1. The molecule has 3 aromatic rings. The number of nitriles is 1. The van der Waals surface area contributed by atoms with E-state index in [2.05, 4.69) is 21.9 Å². The van der Waals surface area contributed by atoms with Crippen LogP contribution in [-0.4, -0.2) is 80.5 Å². The molecule has 56 heavy (non-hydrogen) atoms. The Hall–Kier alpha value is -3.63. The molecule has 5 N–H and O–H groups in total. The van der Waals surface area contributed by atoms with Crippen LogP contribution in [0.5, 0.6) is 5.75 Å². The number of hydrogen-bond donors (Lipinski definition) is 4. The van der Waals surface area contributed by atoms with Crippen LogP contribution in [-0.2, 0) is 28.7 Å². The third kappa shape index (κ3) is 13.5. The summed E-state index contributed by atoms with van der Waals surface area (Å²) >= 11 is 0. The standard InChI is InChI=1S/C40H59N6O9P/c1-3-4-5-6-7-8-9-10-11-12-13-14-15-16-17-18-25-51-27-32(54-31-19-22-37(43-2)44-26-31)28-52-56(49,50)53-29-35-38(47)39(48)40(30-41,55-35)36-21-20-34-33(42)23-24-45-46(34)36/h19-24,26,32,35,38-39,47-48H,3-18,25,27-29,42H2,1H3,(H,49,50)/t32-,35-,38-,39-,40+/m1/s1. The molecule has 0 bridgehead atoms. The second kappa shape index (κ2) is 23.6. The molecule has 0 radical (unpaired) electrons. The molecule has 0 aliphatic carbocycles. The Kier molecular flexibility index (Phi) is 19.0. The number of aliphatic hydroxyl groups is 2. The zero-order chi connectivity index (χ0) is 40.2. The number of nitrogen functional groups attached to an aromatic ring is 1. The Balaban J connectivity index is 1.18.